The fraction of sp³-hybridized carbons (Fsp3) is 0.136. The molecule has 0 amide bonds. The van der Waals surface area contributed by atoms with Crippen molar-refractivity contribution >= 4 is 33.5 Å². The van der Waals surface area contributed by atoms with Crippen molar-refractivity contribution in [1.29, 1.82) is 0 Å². The predicted molar refractivity (Wildman–Crippen MR) is 112 cm³/mol. The number of hydrogen-bond donors (Lipinski definition) is 1. The van der Waals surface area contributed by atoms with Crippen LogP contribution >= 0.6 is 27.5 Å². The SMILES string of the molecule is O=C(O)c1ccc(CCc2cc(Cl)cc(Br)c2OCc2ccccc2)cc1.[H-].[Na+]. The number of ether oxygens (including phenoxy) is 1. The van der Waals surface area contributed by atoms with Gasteiger partial charge in [-0.1, -0.05) is 54.1 Å². The second kappa shape index (κ2) is 11.0. The van der Waals surface area contributed by atoms with Gasteiger partial charge in [-0.3, -0.25) is 0 Å². The van der Waals surface area contributed by atoms with Gasteiger partial charge >= 0.3 is 35.5 Å². The Bertz CT molecular complexity index is 937. The van der Waals surface area contributed by atoms with E-state index in [2.05, 4.69) is 15.9 Å². The maximum absolute atomic E-state index is 11.0. The zero-order chi connectivity index (χ0) is 19.2. The number of hydrogen-bond acceptors (Lipinski definition) is 2. The summed E-state index contributed by atoms with van der Waals surface area (Å²) in [4.78, 5) is 11.0. The molecule has 6 heteroatoms. The van der Waals surface area contributed by atoms with E-state index in [0.29, 0.717) is 11.6 Å². The van der Waals surface area contributed by atoms with Gasteiger partial charge in [0.2, 0.25) is 0 Å². The molecule has 0 bridgehead atoms. The molecule has 0 aliphatic heterocycles. The third-order valence-corrected chi connectivity index (χ3v) is 5.00. The molecule has 0 aliphatic rings. The summed E-state index contributed by atoms with van der Waals surface area (Å²) in [6.45, 7) is 0.474. The maximum Gasteiger partial charge on any atom is 1.00 e. The summed E-state index contributed by atoms with van der Waals surface area (Å²) in [6.07, 6.45) is 1.49. The first kappa shape index (κ1) is 23.0. The van der Waals surface area contributed by atoms with Gasteiger partial charge in [-0.15, -0.1) is 0 Å². The molecule has 0 saturated carbocycles. The van der Waals surface area contributed by atoms with Crippen LogP contribution in [-0.4, -0.2) is 11.1 Å². The van der Waals surface area contributed by atoms with E-state index in [0.717, 1.165) is 39.8 Å². The minimum absolute atomic E-state index is 0. The van der Waals surface area contributed by atoms with Crippen LogP contribution in [0, 0.1) is 0 Å². The molecule has 0 unspecified atom stereocenters. The third-order valence-electron chi connectivity index (χ3n) is 4.20. The van der Waals surface area contributed by atoms with Crippen LogP contribution in [0.25, 0.3) is 0 Å². The first-order valence-corrected chi connectivity index (χ1v) is 9.67. The van der Waals surface area contributed by atoms with E-state index in [1.807, 2.05) is 54.6 Å². The average Bonchev–Trinajstić information content (AvgIpc) is 2.66. The number of aromatic carboxylic acids is 1. The van der Waals surface area contributed by atoms with E-state index in [9.17, 15) is 4.79 Å². The molecule has 140 valence electrons. The van der Waals surface area contributed by atoms with Gasteiger partial charge in [0, 0.05) is 5.02 Å². The van der Waals surface area contributed by atoms with Gasteiger partial charge < -0.3 is 11.3 Å². The van der Waals surface area contributed by atoms with Gasteiger partial charge in [-0.2, -0.15) is 0 Å². The monoisotopic (exact) mass is 468 g/mol. The molecule has 0 radical (unpaired) electrons. The summed E-state index contributed by atoms with van der Waals surface area (Å²) < 4.78 is 6.89. The van der Waals surface area contributed by atoms with Crippen molar-refractivity contribution < 1.29 is 45.6 Å². The number of carbonyl (C=O) groups is 1. The molecule has 3 aromatic rings. The molecule has 3 nitrogen and oxygen atoms in total. The first-order valence-electron chi connectivity index (χ1n) is 8.50. The van der Waals surface area contributed by atoms with Gasteiger partial charge in [-0.05, 0) is 69.7 Å². The predicted octanol–water partition coefficient (Wildman–Crippen LogP) is 3.28. The second-order valence-electron chi connectivity index (χ2n) is 6.15. The number of rotatable bonds is 7. The summed E-state index contributed by atoms with van der Waals surface area (Å²) >= 11 is 9.77. The first-order chi connectivity index (χ1) is 13.0. The molecule has 0 aromatic heterocycles. The van der Waals surface area contributed by atoms with Crippen molar-refractivity contribution in [2.75, 3.05) is 0 Å². The van der Waals surface area contributed by atoms with Crippen LogP contribution in [-0.2, 0) is 19.4 Å². The molecular formula is C22H19BrClNaO3. The summed E-state index contributed by atoms with van der Waals surface area (Å²) in [5.74, 6) is -0.137. The second-order valence-corrected chi connectivity index (χ2v) is 7.44. The molecule has 0 spiro atoms. The molecule has 1 N–H and O–H groups in total. The third kappa shape index (κ3) is 6.36. The Morgan fingerprint density at radius 1 is 1.00 bits per heavy atom. The number of benzene rings is 3. The Kier molecular flexibility index (Phi) is 9.06. The molecule has 0 heterocycles. The number of halogens is 2. The van der Waals surface area contributed by atoms with Gasteiger partial charge in [0.25, 0.3) is 0 Å². The summed E-state index contributed by atoms with van der Waals surface area (Å²) in [5, 5.41) is 9.64. The normalized spacial score (nSPS) is 10.2. The van der Waals surface area contributed by atoms with Crippen LogP contribution in [0.4, 0.5) is 0 Å². The smallest absolute Gasteiger partial charge is 1.00 e. The Hall–Kier alpha value is -1.30. The molecular weight excluding hydrogens is 451 g/mol. The van der Waals surface area contributed by atoms with Crippen molar-refractivity contribution in [1.82, 2.24) is 0 Å². The van der Waals surface area contributed by atoms with Crippen molar-refractivity contribution in [3.05, 3.63) is 98.5 Å². The van der Waals surface area contributed by atoms with E-state index < -0.39 is 5.97 Å². The van der Waals surface area contributed by atoms with Crippen LogP contribution in [0.3, 0.4) is 0 Å². The van der Waals surface area contributed by atoms with Gasteiger partial charge in [0.15, 0.2) is 0 Å². The minimum Gasteiger partial charge on any atom is -1.00 e. The largest absolute Gasteiger partial charge is 1.00 e. The molecule has 3 rings (SSSR count). The Morgan fingerprint density at radius 2 is 1.68 bits per heavy atom. The van der Waals surface area contributed by atoms with E-state index in [-0.39, 0.29) is 36.5 Å². The van der Waals surface area contributed by atoms with E-state index in [1.54, 1.807) is 12.1 Å². The maximum atomic E-state index is 11.0. The van der Waals surface area contributed by atoms with Gasteiger partial charge in [0.05, 0.1) is 10.0 Å². The van der Waals surface area contributed by atoms with Crippen molar-refractivity contribution in [2.24, 2.45) is 0 Å². The Balaban J connectivity index is 0.00000210. The summed E-state index contributed by atoms with van der Waals surface area (Å²) in [6, 6.07) is 20.7. The van der Waals surface area contributed by atoms with Crippen LogP contribution in [0.1, 0.15) is 28.5 Å². The number of aryl methyl sites for hydroxylation is 2. The molecule has 0 atom stereocenters. The van der Waals surface area contributed by atoms with Gasteiger partial charge in [-0.25, -0.2) is 4.79 Å². The Labute approximate surface area is 201 Å². The van der Waals surface area contributed by atoms with Crippen LogP contribution < -0.4 is 34.3 Å². The van der Waals surface area contributed by atoms with Crippen LogP contribution in [0.2, 0.25) is 5.02 Å². The van der Waals surface area contributed by atoms with Gasteiger partial charge in [0.1, 0.15) is 12.4 Å². The minimum atomic E-state index is -0.920. The molecule has 0 aliphatic carbocycles. The van der Waals surface area contributed by atoms with E-state index in [4.69, 9.17) is 21.4 Å². The number of carboxylic acid groups (broad SMARTS) is 1. The molecule has 28 heavy (non-hydrogen) atoms. The fourth-order valence-electron chi connectivity index (χ4n) is 2.78. The summed E-state index contributed by atoms with van der Waals surface area (Å²) in [7, 11) is 0. The van der Waals surface area contributed by atoms with Crippen molar-refractivity contribution in [3.8, 4) is 5.75 Å². The average molecular weight is 470 g/mol. The molecule has 0 saturated heterocycles. The topological polar surface area (TPSA) is 46.5 Å². The van der Waals surface area contributed by atoms with E-state index in [1.165, 1.54) is 0 Å². The zero-order valence-corrected chi connectivity index (χ0v) is 19.8. The number of carboxylic acids is 1. The summed E-state index contributed by atoms with van der Waals surface area (Å²) in [5.41, 5.74) is 3.45. The zero-order valence-electron chi connectivity index (χ0n) is 16.5. The molecule has 3 aromatic carbocycles. The van der Waals surface area contributed by atoms with Crippen molar-refractivity contribution in [3.63, 3.8) is 0 Å². The van der Waals surface area contributed by atoms with Crippen molar-refractivity contribution in [2.45, 2.75) is 19.4 Å². The Morgan fingerprint density at radius 3 is 2.32 bits per heavy atom. The van der Waals surface area contributed by atoms with Crippen LogP contribution in [0.5, 0.6) is 5.75 Å². The van der Waals surface area contributed by atoms with Crippen LogP contribution in [0.15, 0.2) is 71.2 Å². The standard InChI is InChI=1S/C22H18BrClO3.Na.H/c23-20-13-19(24)12-18(21(20)27-14-16-4-2-1-3-5-16)11-8-15-6-9-17(10-7-15)22(25)26;;/h1-7,9-10,12-13H,8,11,14H2,(H,25,26);;/q;+1;-1. The fourth-order valence-corrected chi connectivity index (χ4v) is 3.77. The van der Waals surface area contributed by atoms with E-state index >= 15 is 0 Å². The quantitative estimate of drug-likeness (QED) is 0.540. The molecule has 0 fully saturated rings.